The van der Waals surface area contributed by atoms with E-state index in [0.29, 0.717) is 22.6 Å². The highest BCUT2D eigenvalue weighted by molar-refractivity contribution is 7.80. The van der Waals surface area contributed by atoms with E-state index in [-0.39, 0.29) is 12.8 Å². The van der Waals surface area contributed by atoms with Crippen LogP contribution in [0.3, 0.4) is 0 Å². The van der Waals surface area contributed by atoms with Crippen molar-refractivity contribution >= 4 is 22.9 Å². The quantitative estimate of drug-likeness (QED) is 0.556. The zero-order valence-electron chi connectivity index (χ0n) is 18.2. The van der Waals surface area contributed by atoms with Gasteiger partial charge in [0.1, 0.15) is 0 Å². The minimum absolute atomic E-state index is 0.179. The number of nitrogens with zero attached hydrogens (tertiary/aromatic N) is 3. The molecule has 0 fully saturated rings. The molecule has 3 aromatic rings. The number of hydrogen-bond donors (Lipinski definition) is 1. The second kappa shape index (κ2) is 8.27. The van der Waals surface area contributed by atoms with Gasteiger partial charge in [-0.05, 0) is 56.2 Å². The number of benzene rings is 2. The number of nitrogens with one attached hydrogen (secondary N) is 1. The van der Waals surface area contributed by atoms with Crippen molar-refractivity contribution in [2.24, 2.45) is 0 Å². The van der Waals surface area contributed by atoms with E-state index >= 15 is 0 Å². The molecule has 0 amide bonds. The van der Waals surface area contributed by atoms with Crippen LogP contribution in [0.25, 0.3) is 17.0 Å². The van der Waals surface area contributed by atoms with Crippen LogP contribution in [0.1, 0.15) is 43.3 Å². The van der Waals surface area contributed by atoms with Gasteiger partial charge in [0.25, 0.3) is 5.89 Å². The van der Waals surface area contributed by atoms with E-state index in [0.717, 1.165) is 41.1 Å². The van der Waals surface area contributed by atoms with Gasteiger partial charge in [-0.2, -0.15) is 4.98 Å². The van der Waals surface area contributed by atoms with Crippen LogP contribution in [-0.2, 0) is 0 Å². The predicted molar refractivity (Wildman–Crippen MR) is 125 cm³/mol. The van der Waals surface area contributed by atoms with Crippen molar-refractivity contribution in [2.75, 3.05) is 13.3 Å². The van der Waals surface area contributed by atoms with Crippen LogP contribution in [0.4, 0.5) is 0 Å². The van der Waals surface area contributed by atoms with Crippen molar-refractivity contribution in [1.82, 2.24) is 20.4 Å². The summed E-state index contributed by atoms with van der Waals surface area (Å²) >= 11 is 5.69. The Balaban J connectivity index is 1.57. The number of fused-ring (bicyclic) bond motifs is 1. The van der Waals surface area contributed by atoms with Crippen LogP contribution in [0.5, 0.6) is 11.5 Å². The Labute approximate surface area is 192 Å². The molecule has 3 heterocycles. The monoisotopic (exact) mass is 448 g/mol. The van der Waals surface area contributed by atoms with E-state index < -0.39 is 0 Å². The lowest BCUT2D eigenvalue weighted by molar-refractivity contribution is 0.174. The maximum atomic E-state index is 5.78. The first-order chi connectivity index (χ1) is 15.5. The highest BCUT2D eigenvalue weighted by Crippen LogP contribution is 2.39. The van der Waals surface area contributed by atoms with Gasteiger partial charge >= 0.3 is 0 Å². The zero-order valence-corrected chi connectivity index (χ0v) is 19.0. The molecule has 1 aromatic heterocycles. The second-order valence-corrected chi connectivity index (χ2v) is 8.32. The van der Waals surface area contributed by atoms with Gasteiger partial charge in [-0.3, -0.25) is 0 Å². The van der Waals surface area contributed by atoms with Gasteiger partial charge < -0.3 is 24.2 Å². The van der Waals surface area contributed by atoms with Crippen molar-refractivity contribution in [3.8, 4) is 22.9 Å². The Morgan fingerprint density at radius 1 is 1.09 bits per heavy atom. The summed E-state index contributed by atoms with van der Waals surface area (Å²) in [6.45, 7) is 7.30. The molecule has 7 nitrogen and oxygen atoms in total. The predicted octanol–water partition coefficient (Wildman–Crippen LogP) is 4.85. The normalized spacial score (nSPS) is 17.7. The topological polar surface area (TPSA) is 72.7 Å². The number of rotatable bonds is 5. The van der Waals surface area contributed by atoms with Gasteiger partial charge in [0.15, 0.2) is 16.6 Å². The molecule has 0 saturated heterocycles. The lowest BCUT2D eigenvalue weighted by Gasteiger charge is -2.37. The third-order valence-corrected chi connectivity index (χ3v) is 6.08. The second-order valence-electron chi connectivity index (χ2n) is 7.94. The van der Waals surface area contributed by atoms with Crippen molar-refractivity contribution in [3.63, 3.8) is 0 Å². The SMILES string of the molecule is CCCN1C(=S)NC(c2ccc(C)cc2)C(c2nc(-c3ccc4c(c3)OCO4)no2)=C1C. The summed E-state index contributed by atoms with van der Waals surface area (Å²) in [5, 5.41) is 8.45. The molecular formula is C24H24N4O3S. The van der Waals surface area contributed by atoms with E-state index in [2.05, 4.69) is 60.4 Å². The molecule has 2 aliphatic rings. The van der Waals surface area contributed by atoms with Gasteiger partial charge in [-0.25, -0.2) is 0 Å². The highest BCUT2D eigenvalue weighted by Gasteiger charge is 2.33. The smallest absolute Gasteiger partial charge is 0.258 e. The van der Waals surface area contributed by atoms with Gasteiger partial charge in [0.05, 0.1) is 11.6 Å². The van der Waals surface area contributed by atoms with Crippen molar-refractivity contribution in [2.45, 2.75) is 33.2 Å². The van der Waals surface area contributed by atoms with E-state index in [1.54, 1.807) is 0 Å². The number of hydrogen-bond acceptors (Lipinski definition) is 6. The summed E-state index contributed by atoms with van der Waals surface area (Å²) in [6.07, 6.45) is 0.966. The molecule has 0 radical (unpaired) electrons. The lowest BCUT2D eigenvalue weighted by Crippen LogP contribution is -2.46. The summed E-state index contributed by atoms with van der Waals surface area (Å²) in [6, 6.07) is 13.8. The van der Waals surface area contributed by atoms with Crippen LogP contribution in [-0.4, -0.2) is 33.5 Å². The first kappa shape index (κ1) is 20.5. The van der Waals surface area contributed by atoms with Crippen LogP contribution in [0.2, 0.25) is 0 Å². The molecule has 0 aliphatic carbocycles. The maximum absolute atomic E-state index is 5.78. The Morgan fingerprint density at radius 3 is 2.66 bits per heavy atom. The van der Waals surface area contributed by atoms with Crippen LogP contribution < -0.4 is 14.8 Å². The number of allylic oxidation sites excluding steroid dienone is 1. The van der Waals surface area contributed by atoms with E-state index in [4.69, 9.17) is 31.2 Å². The van der Waals surface area contributed by atoms with E-state index in [1.807, 2.05) is 18.2 Å². The van der Waals surface area contributed by atoms with Crippen molar-refractivity contribution in [3.05, 3.63) is 65.2 Å². The third kappa shape index (κ3) is 3.60. The summed E-state index contributed by atoms with van der Waals surface area (Å²) < 4.78 is 16.7. The van der Waals surface area contributed by atoms with Gasteiger partial charge in [-0.1, -0.05) is 41.9 Å². The molecule has 2 aromatic carbocycles. The minimum atomic E-state index is -0.179. The standard InChI is InChI=1S/C24H24N4O3S/c1-4-11-28-15(3)20(21(25-24(28)32)16-7-5-14(2)6-8-16)23-26-22(27-31-23)17-9-10-18-19(12-17)30-13-29-18/h5-10,12,21H,4,11,13H2,1-3H3,(H,25,32). The number of aromatic nitrogens is 2. The molecule has 8 heteroatoms. The summed E-state index contributed by atoms with van der Waals surface area (Å²) in [5.41, 5.74) is 5.03. The fourth-order valence-electron chi connectivity index (χ4n) is 4.05. The first-order valence-corrected chi connectivity index (χ1v) is 11.1. The largest absolute Gasteiger partial charge is 0.454 e. The lowest BCUT2D eigenvalue weighted by atomic mass is 9.94. The number of thiocarbonyl (C=S) groups is 1. The van der Waals surface area contributed by atoms with E-state index in [1.165, 1.54) is 5.56 Å². The number of aryl methyl sites for hydroxylation is 1. The molecule has 32 heavy (non-hydrogen) atoms. The molecule has 0 spiro atoms. The molecule has 1 unspecified atom stereocenters. The Bertz CT molecular complexity index is 1200. The fraction of sp³-hybridized carbons (Fsp3) is 0.292. The fourth-order valence-corrected chi connectivity index (χ4v) is 4.39. The molecule has 2 aliphatic heterocycles. The molecule has 0 saturated carbocycles. The average Bonchev–Trinajstić information content (AvgIpc) is 3.46. The number of ether oxygens (including phenoxy) is 2. The van der Waals surface area contributed by atoms with Crippen molar-refractivity contribution in [1.29, 1.82) is 0 Å². The average molecular weight is 449 g/mol. The van der Waals surface area contributed by atoms with Crippen molar-refractivity contribution < 1.29 is 14.0 Å². The molecular weight excluding hydrogens is 424 g/mol. The van der Waals surface area contributed by atoms with Gasteiger partial charge in [0.2, 0.25) is 12.6 Å². The third-order valence-electron chi connectivity index (χ3n) is 5.74. The Morgan fingerprint density at radius 2 is 1.88 bits per heavy atom. The molecule has 5 rings (SSSR count). The summed E-state index contributed by atoms with van der Waals surface area (Å²) in [4.78, 5) is 6.85. The summed E-state index contributed by atoms with van der Waals surface area (Å²) in [5.74, 6) is 2.37. The minimum Gasteiger partial charge on any atom is -0.454 e. The molecule has 1 N–H and O–H groups in total. The van der Waals surface area contributed by atoms with Crippen LogP contribution >= 0.6 is 12.2 Å². The first-order valence-electron chi connectivity index (χ1n) is 10.6. The maximum Gasteiger partial charge on any atom is 0.258 e. The van der Waals surface area contributed by atoms with Gasteiger partial charge in [-0.15, -0.1) is 0 Å². The molecule has 0 bridgehead atoms. The Hall–Kier alpha value is -3.39. The molecule has 1 atom stereocenters. The van der Waals surface area contributed by atoms with E-state index in [9.17, 15) is 0 Å². The summed E-state index contributed by atoms with van der Waals surface area (Å²) in [7, 11) is 0. The zero-order chi connectivity index (χ0) is 22.2. The Kier molecular flexibility index (Phi) is 5.30. The van der Waals surface area contributed by atoms with Crippen LogP contribution in [0.15, 0.2) is 52.7 Å². The highest BCUT2D eigenvalue weighted by atomic mass is 32.1. The molecule has 164 valence electrons. The van der Waals surface area contributed by atoms with Gasteiger partial charge in [0, 0.05) is 17.8 Å². The van der Waals surface area contributed by atoms with Crippen LogP contribution in [0, 0.1) is 6.92 Å².